The van der Waals surface area contributed by atoms with Gasteiger partial charge in [0, 0.05) is 11.6 Å². The molecule has 2 nitrogen and oxygen atoms in total. The number of hydrogen-bond acceptors (Lipinski definition) is 2. The molecule has 0 aliphatic heterocycles. The first-order chi connectivity index (χ1) is 8.79. The molecule has 0 radical (unpaired) electrons. The number of halogens is 2. The molecule has 2 rings (SSSR count). The quantitative estimate of drug-likeness (QED) is 0.920. The number of hydrogen-bond donors (Lipinski definition) is 1. The van der Waals surface area contributed by atoms with E-state index in [9.17, 15) is 5.26 Å². The van der Waals surface area contributed by atoms with Crippen LogP contribution in [0.3, 0.4) is 0 Å². The van der Waals surface area contributed by atoms with E-state index in [1.54, 1.807) is 12.1 Å². The third kappa shape index (κ3) is 4.57. The maximum atomic E-state index is 9.18. The molecule has 0 aliphatic rings. The average Bonchev–Trinajstić information content (AvgIpc) is 2.42. The largest absolute Gasteiger partial charge is 0.294 e. The highest BCUT2D eigenvalue weighted by atomic mass is 35.5. The lowest BCUT2D eigenvalue weighted by atomic mass is 10.1. The molecule has 2 aromatic carbocycles. The highest BCUT2D eigenvalue weighted by molar-refractivity contribution is 6.30. The molecular weight excluding hydrogens is 279 g/mol. The van der Waals surface area contributed by atoms with Crippen molar-refractivity contribution in [2.45, 2.75) is 12.6 Å². The normalized spacial score (nSPS) is 11.2. The summed E-state index contributed by atoms with van der Waals surface area (Å²) in [4.78, 5) is 0. The summed E-state index contributed by atoms with van der Waals surface area (Å²) in [5, 5.41) is 13.1. The zero-order valence-electron chi connectivity index (χ0n) is 10.2. The highest BCUT2D eigenvalue weighted by Crippen LogP contribution is 2.16. The molecular formula is C15H14Cl2N2. The van der Waals surface area contributed by atoms with Crippen LogP contribution in [0.15, 0.2) is 54.6 Å². The minimum absolute atomic E-state index is 0. The average molecular weight is 293 g/mol. The van der Waals surface area contributed by atoms with Crippen LogP contribution in [0.4, 0.5) is 0 Å². The van der Waals surface area contributed by atoms with Gasteiger partial charge < -0.3 is 0 Å². The summed E-state index contributed by atoms with van der Waals surface area (Å²) >= 11 is 5.83. The summed E-state index contributed by atoms with van der Waals surface area (Å²) in [5.41, 5.74) is 2.09. The van der Waals surface area contributed by atoms with Crippen LogP contribution in [0.2, 0.25) is 5.02 Å². The molecule has 98 valence electrons. The van der Waals surface area contributed by atoms with Crippen molar-refractivity contribution in [1.29, 1.82) is 5.26 Å². The Hall–Kier alpha value is -1.53. The lowest BCUT2D eigenvalue weighted by molar-refractivity contribution is 0.630. The maximum Gasteiger partial charge on any atom is 0.121 e. The monoisotopic (exact) mass is 292 g/mol. The van der Waals surface area contributed by atoms with E-state index in [4.69, 9.17) is 11.6 Å². The molecule has 2 aromatic rings. The van der Waals surface area contributed by atoms with Gasteiger partial charge in [-0.3, -0.25) is 5.32 Å². The Morgan fingerprint density at radius 2 is 1.68 bits per heavy atom. The summed E-state index contributed by atoms with van der Waals surface area (Å²) in [6, 6.07) is 19.3. The minimum Gasteiger partial charge on any atom is -0.294 e. The molecule has 0 bridgehead atoms. The van der Waals surface area contributed by atoms with Gasteiger partial charge in [-0.05, 0) is 23.3 Å². The summed E-state index contributed by atoms with van der Waals surface area (Å²) in [7, 11) is 0. The Bertz CT molecular complexity index is 532. The van der Waals surface area contributed by atoms with Gasteiger partial charge in [-0.2, -0.15) is 5.26 Å². The number of rotatable bonds is 4. The molecule has 0 heterocycles. The first-order valence-corrected chi connectivity index (χ1v) is 6.10. The van der Waals surface area contributed by atoms with E-state index >= 15 is 0 Å². The molecule has 1 atom stereocenters. The molecule has 1 unspecified atom stereocenters. The third-order valence-electron chi connectivity index (χ3n) is 2.69. The fourth-order valence-corrected chi connectivity index (χ4v) is 1.84. The van der Waals surface area contributed by atoms with Crippen LogP contribution in [0, 0.1) is 11.3 Å². The first-order valence-electron chi connectivity index (χ1n) is 5.72. The molecule has 19 heavy (non-hydrogen) atoms. The minimum atomic E-state index is -0.317. The van der Waals surface area contributed by atoms with Gasteiger partial charge in [-0.25, -0.2) is 0 Å². The van der Waals surface area contributed by atoms with Crippen LogP contribution in [-0.4, -0.2) is 0 Å². The van der Waals surface area contributed by atoms with Gasteiger partial charge >= 0.3 is 0 Å². The van der Waals surface area contributed by atoms with Crippen molar-refractivity contribution in [3.63, 3.8) is 0 Å². The fourth-order valence-electron chi connectivity index (χ4n) is 1.71. The predicted octanol–water partition coefficient (Wildman–Crippen LogP) is 4.12. The lowest BCUT2D eigenvalue weighted by Gasteiger charge is -2.12. The van der Waals surface area contributed by atoms with Crippen molar-refractivity contribution in [2.75, 3.05) is 0 Å². The summed E-state index contributed by atoms with van der Waals surface area (Å²) in [6.07, 6.45) is 0. The Balaban J connectivity index is 0.00000180. The van der Waals surface area contributed by atoms with Crippen LogP contribution in [0.1, 0.15) is 17.2 Å². The van der Waals surface area contributed by atoms with Crippen molar-refractivity contribution < 1.29 is 0 Å². The van der Waals surface area contributed by atoms with Gasteiger partial charge in [-0.15, -0.1) is 12.4 Å². The predicted molar refractivity (Wildman–Crippen MR) is 80.3 cm³/mol. The third-order valence-corrected chi connectivity index (χ3v) is 2.94. The Labute approximate surface area is 124 Å². The van der Waals surface area contributed by atoms with E-state index in [1.165, 1.54) is 0 Å². The van der Waals surface area contributed by atoms with Gasteiger partial charge in [0.15, 0.2) is 0 Å². The molecule has 0 spiro atoms. The van der Waals surface area contributed by atoms with E-state index < -0.39 is 0 Å². The Kier molecular flexibility index (Phi) is 6.38. The molecule has 0 saturated heterocycles. The fraction of sp³-hybridized carbons (Fsp3) is 0.133. The van der Waals surface area contributed by atoms with E-state index in [0.29, 0.717) is 11.6 Å². The molecule has 0 saturated carbocycles. The van der Waals surface area contributed by atoms with Gasteiger partial charge in [0.2, 0.25) is 0 Å². The zero-order chi connectivity index (χ0) is 12.8. The van der Waals surface area contributed by atoms with E-state index in [2.05, 4.69) is 11.4 Å². The highest BCUT2D eigenvalue weighted by Gasteiger charge is 2.09. The van der Waals surface area contributed by atoms with Crippen LogP contribution < -0.4 is 5.32 Å². The summed E-state index contributed by atoms with van der Waals surface area (Å²) < 4.78 is 0. The van der Waals surface area contributed by atoms with Crippen LogP contribution in [-0.2, 0) is 6.54 Å². The molecule has 0 aliphatic carbocycles. The number of nitrogens with zero attached hydrogens (tertiary/aromatic N) is 1. The van der Waals surface area contributed by atoms with Gasteiger partial charge in [-0.1, -0.05) is 54.1 Å². The lowest BCUT2D eigenvalue weighted by Crippen LogP contribution is -2.19. The van der Waals surface area contributed by atoms with Crippen molar-refractivity contribution in [2.24, 2.45) is 0 Å². The van der Waals surface area contributed by atoms with E-state index in [1.807, 2.05) is 42.5 Å². The standard InChI is InChI=1S/C15H13ClN2.ClH/c16-14-8-6-13(7-9-14)15(10-17)18-11-12-4-2-1-3-5-12;/h1-9,15,18H,11H2;1H. The maximum absolute atomic E-state index is 9.18. The van der Waals surface area contributed by atoms with Crippen LogP contribution in [0.25, 0.3) is 0 Å². The molecule has 1 N–H and O–H groups in total. The SMILES string of the molecule is Cl.N#CC(NCc1ccccc1)c1ccc(Cl)cc1. The van der Waals surface area contributed by atoms with Crippen molar-refractivity contribution in [3.8, 4) is 6.07 Å². The van der Waals surface area contributed by atoms with Crippen molar-refractivity contribution in [3.05, 3.63) is 70.7 Å². The summed E-state index contributed by atoms with van der Waals surface area (Å²) in [6.45, 7) is 0.668. The Morgan fingerprint density at radius 3 is 2.26 bits per heavy atom. The second-order valence-corrected chi connectivity index (χ2v) is 4.42. The van der Waals surface area contributed by atoms with Crippen molar-refractivity contribution >= 4 is 24.0 Å². The number of nitrogens with one attached hydrogen (secondary N) is 1. The second-order valence-electron chi connectivity index (χ2n) is 3.98. The number of nitriles is 1. The molecule has 4 heteroatoms. The van der Waals surface area contributed by atoms with E-state index in [-0.39, 0.29) is 18.4 Å². The molecule has 0 fully saturated rings. The molecule has 0 amide bonds. The zero-order valence-corrected chi connectivity index (χ0v) is 11.8. The van der Waals surface area contributed by atoms with E-state index in [0.717, 1.165) is 11.1 Å². The smallest absolute Gasteiger partial charge is 0.121 e. The summed E-state index contributed by atoms with van der Waals surface area (Å²) in [5.74, 6) is 0. The Morgan fingerprint density at radius 1 is 1.05 bits per heavy atom. The first kappa shape index (κ1) is 15.5. The number of benzene rings is 2. The van der Waals surface area contributed by atoms with Gasteiger partial charge in [0.1, 0.15) is 6.04 Å². The molecule has 0 aromatic heterocycles. The topological polar surface area (TPSA) is 35.8 Å². The van der Waals surface area contributed by atoms with Gasteiger partial charge in [0.05, 0.1) is 6.07 Å². The van der Waals surface area contributed by atoms with Crippen LogP contribution in [0.5, 0.6) is 0 Å². The second kappa shape index (κ2) is 7.81. The van der Waals surface area contributed by atoms with Gasteiger partial charge in [0.25, 0.3) is 0 Å². The van der Waals surface area contributed by atoms with Crippen molar-refractivity contribution in [1.82, 2.24) is 5.32 Å². The van der Waals surface area contributed by atoms with Crippen LogP contribution >= 0.6 is 24.0 Å².